The fourth-order valence-electron chi connectivity index (χ4n) is 8.76. The Bertz CT molecular complexity index is 2120. The van der Waals surface area contributed by atoms with Gasteiger partial charge in [-0.15, -0.1) is 0 Å². The molecule has 4 aliphatic rings. The lowest BCUT2D eigenvalue weighted by molar-refractivity contribution is 0.219. The first-order valence-electron chi connectivity index (χ1n) is 16.7. The van der Waals surface area contributed by atoms with E-state index in [9.17, 15) is 30.6 Å². The molecular weight excluding hydrogens is 648 g/mol. The highest BCUT2D eigenvalue weighted by atomic mass is 16.5. The topological polar surface area (TPSA) is 149 Å². The van der Waals surface area contributed by atoms with Gasteiger partial charge in [-0.1, -0.05) is 36.4 Å². The zero-order chi connectivity index (χ0) is 34.7. The first kappa shape index (κ1) is 29.4. The van der Waals surface area contributed by atoms with E-state index in [2.05, 4.69) is 0 Å². The van der Waals surface area contributed by atoms with E-state index in [1.807, 2.05) is 0 Å². The van der Waals surface area contributed by atoms with Gasteiger partial charge in [-0.3, -0.25) is 0 Å². The Morgan fingerprint density at radius 1 is 0.314 bits per heavy atom. The molecule has 0 fully saturated rings. The van der Waals surface area contributed by atoms with Gasteiger partial charge in [-0.2, -0.15) is 0 Å². The largest absolute Gasteiger partial charge is 0.508 e. The molecule has 6 atom stereocenters. The molecule has 3 aliphatic heterocycles. The van der Waals surface area contributed by atoms with Gasteiger partial charge in [-0.25, -0.2) is 0 Å². The van der Waals surface area contributed by atoms with Crippen LogP contribution in [0.2, 0.25) is 0 Å². The molecular formula is C42H30O9. The van der Waals surface area contributed by atoms with Crippen molar-refractivity contribution in [3.05, 3.63) is 159 Å². The van der Waals surface area contributed by atoms with E-state index in [1.54, 1.807) is 109 Å². The van der Waals surface area contributed by atoms with Gasteiger partial charge < -0.3 is 44.8 Å². The van der Waals surface area contributed by atoms with Crippen LogP contribution in [0.25, 0.3) is 0 Å². The van der Waals surface area contributed by atoms with Crippen molar-refractivity contribution in [2.75, 3.05) is 0 Å². The maximum absolute atomic E-state index is 11.3. The lowest BCUT2D eigenvalue weighted by atomic mass is 9.76. The number of ether oxygens (including phenoxy) is 3. The molecule has 252 valence electrons. The van der Waals surface area contributed by atoms with Crippen molar-refractivity contribution in [3.63, 3.8) is 0 Å². The van der Waals surface area contributed by atoms with E-state index in [0.717, 1.165) is 50.1 Å². The number of rotatable bonds is 3. The molecule has 0 saturated heterocycles. The summed E-state index contributed by atoms with van der Waals surface area (Å²) in [5.74, 6) is 0.123. The zero-order valence-corrected chi connectivity index (χ0v) is 26.8. The molecule has 6 N–H and O–H groups in total. The summed E-state index contributed by atoms with van der Waals surface area (Å²) >= 11 is 0. The number of hydrogen-bond acceptors (Lipinski definition) is 9. The Balaban J connectivity index is 1.33. The van der Waals surface area contributed by atoms with E-state index in [1.165, 1.54) is 0 Å². The van der Waals surface area contributed by atoms with Crippen LogP contribution < -0.4 is 14.2 Å². The molecule has 3 heterocycles. The molecule has 1 aliphatic carbocycles. The summed E-state index contributed by atoms with van der Waals surface area (Å²) < 4.78 is 20.3. The summed E-state index contributed by atoms with van der Waals surface area (Å²) in [6, 6.07) is 30.5. The molecule has 0 spiro atoms. The third kappa shape index (κ3) is 4.34. The second-order valence-corrected chi connectivity index (χ2v) is 13.7. The molecule has 0 radical (unpaired) electrons. The number of fused-ring (bicyclic) bond motifs is 3. The Hall–Kier alpha value is -6.48. The predicted octanol–water partition coefficient (Wildman–Crippen LogP) is 8.03. The Labute approximate surface area is 291 Å². The zero-order valence-electron chi connectivity index (χ0n) is 26.8. The number of phenolic OH excluding ortho intramolecular Hbond substituents is 6. The summed E-state index contributed by atoms with van der Waals surface area (Å²) in [4.78, 5) is 0. The van der Waals surface area contributed by atoms with Crippen LogP contribution in [0.15, 0.2) is 109 Å². The van der Waals surface area contributed by atoms with Gasteiger partial charge in [0.25, 0.3) is 0 Å². The van der Waals surface area contributed by atoms with Crippen molar-refractivity contribution in [1.29, 1.82) is 0 Å². The van der Waals surface area contributed by atoms with Gasteiger partial charge in [-0.05, 0) is 88.0 Å². The minimum absolute atomic E-state index is 0.00268. The van der Waals surface area contributed by atoms with Crippen LogP contribution in [-0.4, -0.2) is 30.6 Å². The van der Waals surface area contributed by atoms with Crippen molar-refractivity contribution in [3.8, 4) is 51.7 Å². The number of aromatic hydroxyl groups is 6. The highest BCUT2D eigenvalue weighted by molar-refractivity contribution is 5.70. The molecule has 0 unspecified atom stereocenters. The lowest BCUT2D eigenvalue weighted by Crippen LogP contribution is -2.16. The Kier molecular flexibility index (Phi) is 6.07. The van der Waals surface area contributed by atoms with Crippen molar-refractivity contribution >= 4 is 0 Å². The second kappa shape index (κ2) is 10.5. The Morgan fingerprint density at radius 2 is 0.569 bits per heavy atom. The molecule has 10 rings (SSSR count). The summed E-state index contributed by atoms with van der Waals surface area (Å²) in [5, 5.41) is 64.5. The molecule has 9 heteroatoms. The van der Waals surface area contributed by atoms with Gasteiger partial charge in [0.05, 0.1) is 17.8 Å². The third-order valence-corrected chi connectivity index (χ3v) is 10.7. The van der Waals surface area contributed by atoms with Crippen LogP contribution >= 0.6 is 0 Å². The van der Waals surface area contributed by atoms with Crippen LogP contribution in [0.4, 0.5) is 0 Å². The van der Waals surface area contributed by atoms with E-state index in [-0.39, 0.29) is 34.5 Å². The third-order valence-electron chi connectivity index (χ3n) is 10.7. The second-order valence-electron chi connectivity index (χ2n) is 13.7. The summed E-state index contributed by atoms with van der Waals surface area (Å²) in [5.41, 5.74) is 6.97. The molecule has 9 nitrogen and oxygen atoms in total. The van der Waals surface area contributed by atoms with Crippen molar-refractivity contribution < 1.29 is 44.8 Å². The first-order valence-corrected chi connectivity index (χ1v) is 16.7. The molecule has 6 aromatic rings. The maximum atomic E-state index is 11.3. The molecule has 6 aromatic carbocycles. The van der Waals surface area contributed by atoms with Gasteiger partial charge >= 0.3 is 0 Å². The molecule has 51 heavy (non-hydrogen) atoms. The lowest BCUT2D eigenvalue weighted by Gasteiger charge is -2.26. The van der Waals surface area contributed by atoms with Crippen LogP contribution in [0, 0.1) is 0 Å². The highest BCUT2D eigenvalue weighted by Crippen LogP contribution is 2.65. The van der Waals surface area contributed by atoms with Gasteiger partial charge in [0.2, 0.25) is 0 Å². The normalized spacial score (nSPS) is 23.1. The average Bonchev–Trinajstić information content (AvgIpc) is 3.80. The highest BCUT2D eigenvalue weighted by Gasteiger charge is 2.52. The standard InChI is InChI=1S/C42H30O9/c43-22-7-1-19(2-8-22)40-37-28-13-25(46)17-32-35(28)39(42(50-32)21-5-11-24(45)12-6-21)30-15-27(48)18-33-36(30)38(29-14-26(47)16-31(49-40)34(29)37)41(51-33)20-3-9-23(44)10-4-20/h1-18,37-48H/t37-,38-,39-,40-,41-,42+/m1/s1. The van der Waals surface area contributed by atoms with E-state index in [0.29, 0.717) is 17.2 Å². The summed E-state index contributed by atoms with van der Waals surface area (Å²) in [6.45, 7) is 0. The quantitative estimate of drug-likeness (QED) is 0.109. The number of benzene rings is 6. The average molecular weight is 679 g/mol. The predicted molar refractivity (Wildman–Crippen MR) is 184 cm³/mol. The monoisotopic (exact) mass is 678 g/mol. The minimum Gasteiger partial charge on any atom is -0.508 e. The van der Waals surface area contributed by atoms with Gasteiger partial charge in [0.1, 0.15) is 70.1 Å². The van der Waals surface area contributed by atoms with Crippen molar-refractivity contribution in [2.24, 2.45) is 0 Å². The molecule has 0 bridgehead atoms. The van der Waals surface area contributed by atoms with Gasteiger partial charge in [0, 0.05) is 34.9 Å². The molecule has 0 amide bonds. The summed E-state index contributed by atoms with van der Waals surface area (Å²) in [7, 11) is 0. The fraction of sp³-hybridized carbons (Fsp3) is 0.143. The number of hydrogen-bond donors (Lipinski definition) is 6. The SMILES string of the molecule is Oc1ccc([C@H]2Oc3cc(O)cc4c3[C@H]2c2cc(O)cc3c2[C@@H](c2cc(O)cc5c2[C@@H]4[C@@H](c2ccc(O)cc2)O5)[C@H](c2ccc(O)cc2)O3)cc1. The van der Waals surface area contributed by atoms with Crippen molar-refractivity contribution in [1.82, 2.24) is 0 Å². The fourth-order valence-corrected chi connectivity index (χ4v) is 8.76. The van der Waals surface area contributed by atoms with Crippen LogP contribution in [-0.2, 0) is 0 Å². The van der Waals surface area contributed by atoms with E-state index >= 15 is 0 Å². The Morgan fingerprint density at radius 3 is 0.824 bits per heavy atom. The van der Waals surface area contributed by atoms with E-state index in [4.69, 9.17) is 14.2 Å². The number of phenols is 6. The molecule has 0 saturated carbocycles. The summed E-state index contributed by atoms with van der Waals surface area (Å²) in [6.07, 6.45) is -1.91. The van der Waals surface area contributed by atoms with Crippen LogP contribution in [0.1, 0.15) is 86.1 Å². The van der Waals surface area contributed by atoms with Crippen molar-refractivity contribution in [2.45, 2.75) is 36.1 Å². The van der Waals surface area contributed by atoms with Crippen LogP contribution in [0.3, 0.4) is 0 Å². The maximum Gasteiger partial charge on any atom is 0.135 e. The van der Waals surface area contributed by atoms with Crippen LogP contribution in [0.5, 0.6) is 51.7 Å². The van der Waals surface area contributed by atoms with Gasteiger partial charge in [0.15, 0.2) is 0 Å². The van der Waals surface area contributed by atoms with E-state index < -0.39 is 36.1 Å². The smallest absolute Gasteiger partial charge is 0.135 e. The minimum atomic E-state index is -0.635. The first-order chi connectivity index (χ1) is 24.7. The molecule has 0 aromatic heterocycles.